The molecule has 1 nitrogen and oxygen atoms in total. The summed E-state index contributed by atoms with van der Waals surface area (Å²) in [5, 5.41) is 3.60. The van der Waals surface area contributed by atoms with E-state index in [-0.39, 0.29) is 0 Å². The topological polar surface area (TPSA) is 12.0 Å². The Hall–Kier alpha value is -0.820. The highest BCUT2D eigenvalue weighted by atomic mass is 14.8. The fourth-order valence-corrected chi connectivity index (χ4v) is 3.18. The molecular weight excluding hydrogens is 230 g/mol. The lowest BCUT2D eigenvalue weighted by atomic mass is 9.86. The van der Waals surface area contributed by atoms with Crippen LogP contribution in [0.1, 0.15) is 56.9 Å². The number of hydrogen-bond acceptors (Lipinski definition) is 1. The molecule has 0 aromatic heterocycles. The summed E-state index contributed by atoms with van der Waals surface area (Å²) in [6, 6.07) is 10.8. The maximum absolute atomic E-state index is 3.60. The summed E-state index contributed by atoms with van der Waals surface area (Å²) in [5.74, 6) is 1.04. The minimum absolute atomic E-state index is 1.04. The molecule has 0 unspecified atom stereocenters. The first-order chi connectivity index (χ1) is 9.45. The molecule has 0 aliphatic heterocycles. The van der Waals surface area contributed by atoms with Gasteiger partial charge in [0.15, 0.2) is 0 Å². The van der Waals surface area contributed by atoms with Crippen LogP contribution in [0.5, 0.6) is 0 Å². The van der Waals surface area contributed by atoms with Crippen molar-refractivity contribution in [3.05, 3.63) is 35.9 Å². The van der Waals surface area contributed by atoms with Crippen molar-refractivity contribution >= 4 is 0 Å². The molecule has 106 valence electrons. The third-order valence-electron chi connectivity index (χ3n) is 4.35. The van der Waals surface area contributed by atoms with E-state index >= 15 is 0 Å². The number of nitrogens with one attached hydrogen (secondary N) is 1. The predicted molar refractivity (Wildman–Crippen MR) is 83.4 cm³/mol. The zero-order valence-electron chi connectivity index (χ0n) is 12.2. The van der Waals surface area contributed by atoms with E-state index in [2.05, 4.69) is 35.6 Å². The van der Waals surface area contributed by atoms with Crippen molar-refractivity contribution in [3.63, 3.8) is 0 Å². The highest BCUT2D eigenvalue weighted by Gasteiger charge is 2.12. The number of rotatable bonds is 8. The maximum atomic E-state index is 3.60. The van der Waals surface area contributed by atoms with Crippen molar-refractivity contribution in [3.8, 4) is 0 Å². The standard InChI is InChI=1S/C18H29N/c1-3-9-17(10-4-1)13-7-15-19-16-8-14-18-11-5-2-6-12-18/h1,3-4,9-10,18-19H,2,5-8,11-16H2. The van der Waals surface area contributed by atoms with Crippen LogP contribution < -0.4 is 5.32 Å². The fourth-order valence-electron chi connectivity index (χ4n) is 3.18. The summed E-state index contributed by atoms with van der Waals surface area (Å²) in [6.45, 7) is 2.38. The molecular formula is C18H29N. The van der Waals surface area contributed by atoms with E-state index in [0.717, 1.165) is 5.92 Å². The fraction of sp³-hybridized carbons (Fsp3) is 0.667. The maximum Gasteiger partial charge on any atom is -0.00457 e. The predicted octanol–water partition coefficient (Wildman–Crippen LogP) is 4.57. The second kappa shape index (κ2) is 9.14. The van der Waals surface area contributed by atoms with Crippen molar-refractivity contribution in [2.24, 2.45) is 5.92 Å². The molecule has 1 N–H and O–H groups in total. The molecule has 1 heteroatoms. The lowest BCUT2D eigenvalue weighted by molar-refractivity contribution is 0.330. The molecule has 1 aliphatic rings. The van der Waals surface area contributed by atoms with Crippen LogP contribution in [0.4, 0.5) is 0 Å². The van der Waals surface area contributed by atoms with Crippen LogP contribution in [-0.2, 0) is 6.42 Å². The normalized spacial score (nSPS) is 16.6. The van der Waals surface area contributed by atoms with E-state index in [4.69, 9.17) is 0 Å². The molecule has 0 heterocycles. The summed E-state index contributed by atoms with van der Waals surface area (Å²) in [6.07, 6.45) is 12.7. The Morgan fingerprint density at radius 3 is 2.42 bits per heavy atom. The van der Waals surface area contributed by atoms with Gasteiger partial charge in [0.05, 0.1) is 0 Å². The molecule has 0 atom stereocenters. The van der Waals surface area contributed by atoms with Gasteiger partial charge in [0.1, 0.15) is 0 Å². The number of aryl methyl sites for hydroxylation is 1. The second-order valence-corrected chi connectivity index (χ2v) is 5.99. The van der Waals surface area contributed by atoms with Gasteiger partial charge in [-0.1, -0.05) is 62.4 Å². The van der Waals surface area contributed by atoms with Gasteiger partial charge in [0.2, 0.25) is 0 Å². The van der Waals surface area contributed by atoms with Crippen molar-refractivity contribution in [1.29, 1.82) is 0 Å². The molecule has 1 aromatic rings. The average molecular weight is 259 g/mol. The van der Waals surface area contributed by atoms with Gasteiger partial charge >= 0.3 is 0 Å². The molecule has 1 aromatic carbocycles. The van der Waals surface area contributed by atoms with E-state index in [9.17, 15) is 0 Å². The van der Waals surface area contributed by atoms with Gasteiger partial charge in [-0.05, 0) is 50.3 Å². The Kier molecular flexibility index (Phi) is 7.02. The van der Waals surface area contributed by atoms with Gasteiger partial charge in [-0.25, -0.2) is 0 Å². The Bertz CT molecular complexity index is 314. The van der Waals surface area contributed by atoms with Gasteiger partial charge in [-0.15, -0.1) is 0 Å². The number of hydrogen-bond donors (Lipinski definition) is 1. The third-order valence-corrected chi connectivity index (χ3v) is 4.35. The van der Waals surface area contributed by atoms with Crippen molar-refractivity contribution in [1.82, 2.24) is 5.32 Å². The van der Waals surface area contributed by atoms with Crippen LogP contribution >= 0.6 is 0 Å². The number of benzene rings is 1. The highest BCUT2D eigenvalue weighted by Crippen LogP contribution is 2.26. The summed E-state index contributed by atoms with van der Waals surface area (Å²) in [7, 11) is 0. The van der Waals surface area contributed by atoms with E-state index in [0.29, 0.717) is 0 Å². The molecule has 0 bridgehead atoms. The lowest BCUT2D eigenvalue weighted by Gasteiger charge is -2.21. The first-order valence-corrected chi connectivity index (χ1v) is 8.20. The molecule has 0 amide bonds. The van der Waals surface area contributed by atoms with Crippen LogP contribution in [0, 0.1) is 5.92 Å². The molecule has 1 fully saturated rings. The quantitative estimate of drug-likeness (QED) is 0.674. The lowest BCUT2D eigenvalue weighted by Crippen LogP contribution is -2.18. The van der Waals surface area contributed by atoms with Crippen LogP contribution in [0.25, 0.3) is 0 Å². The summed E-state index contributed by atoms with van der Waals surface area (Å²) < 4.78 is 0. The van der Waals surface area contributed by atoms with Gasteiger partial charge in [-0.3, -0.25) is 0 Å². The zero-order chi connectivity index (χ0) is 13.2. The third kappa shape index (κ3) is 6.24. The second-order valence-electron chi connectivity index (χ2n) is 5.99. The van der Waals surface area contributed by atoms with Crippen LogP contribution in [0.15, 0.2) is 30.3 Å². The van der Waals surface area contributed by atoms with Crippen LogP contribution in [0.3, 0.4) is 0 Å². The van der Waals surface area contributed by atoms with E-state index in [1.54, 1.807) is 0 Å². The first kappa shape index (κ1) is 14.6. The zero-order valence-corrected chi connectivity index (χ0v) is 12.2. The summed E-state index contributed by atoms with van der Waals surface area (Å²) in [5.41, 5.74) is 1.46. The Morgan fingerprint density at radius 2 is 1.63 bits per heavy atom. The molecule has 2 rings (SSSR count). The van der Waals surface area contributed by atoms with Crippen LogP contribution in [0.2, 0.25) is 0 Å². The smallest absolute Gasteiger partial charge is 0.00457 e. The Labute approximate surface area is 118 Å². The van der Waals surface area contributed by atoms with E-state index in [1.165, 1.54) is 76.4 Å². The van der Waals surface area contributed by atoms with Gasteiger partial charge in [0.25, 0.3) is 0 Å². The summed E-state index contributed by atoms with van der Waals surface area (Å²) >= 11 is 0. The van der Waals surface area contributed by atoms with Gasteiger partial charge in [-0.2, -0.15) is 0 Å². The van der Waals surface area contributed by atoms with Crippen molar-refractivity contribution < 1.29 is 0 Å². The first-order valence-electron chi connectivity index (χ1n) is 8.20. The molecule has 1 aliphatic carbocycles. The van der Waals surface area contributed by atoms with Crippen molar-refractivity contribution in [2.45, 2.75) is 57.8 Å². The van der Waals surface area contributed by atoms with Crippen molar-refractivity contribution in [2.75, 3.05) is 13.1 Å². The average Bonchev–Trinajstić information content (AvgIpc) is 2.48. The summed E-state index contributed by atoms with van der Waals surface area (Å²) in [4.78, 5) is 0. The van der Waals surface area contributed by atoms with Crippen LogP contribution in [-0.4, -0.2) is 13.1 Å². The largest absolute Gasteiger partial charge is 0.317 e. The monoisotopic (exact) mass is 259 g/mol. The highest BCUT2D eigenvalue weighted by molar-refractivity contribution is 5.14. The van der Waals surface area contributed by atoms with E-state index in [1.807, 2.05) is 0 Å². The molecule has 0 spiro atoms. The van der Waals surface area contributed by atoms with Gasteiger partial charge in [0, 0.05) is 0 Å². The SMILES string of the molecule is c1ccc(CCCNCCCC2CCCCC2)cc1. The van der Waals surface area contributed by atoms with E-state index < -0.39 is 0 Å². The minimum atomic E-state index is 1.04. The van der Waals surface area contributed by atoms with Gasteiger partial charge < -0.3 is 5.32 Å². The molecule has 0 radical (unpaired) electrons. The Balaban J connectivity index is 1.42. The minimum Gasteiger partial charge on any atom is -0.317 e. The molecule has 0 saturated heterocycles. The molecule has 19 heavy (non-hydrogen) atoms. The Morgan fingerprint density at radius 1 is 0.895 bits per heavy atom. The molecule has 1 saturated carbocycles.